The second-order valence-corrected chi connectivity index (χ2v) is 6.44. The first-order valence-corrected chi connectivity index (χ1v) is 7.02. The monoisotopic (exact) mass is 359 g/mol. The van der Waals surface area contributed by atoms with Gasteiger partial charge in [0.1, 0.15) is 5.69 Å². The summed E-state index contributed by atoms with van der Waals surface area (Å²) in [5, 5.41) is 6.79. The first-order chi connectivity index (χ1) is 9.26. The molecule has 0 unspecified atom stereocenters. The summed E-state index contributed by atoms with van der Waals surface area (Å²) in [5.41, 5.74) is -0.635. The fourth-order valence-corrected chi connectivity index (χ4v) is 3.53. The molecule has 2 aliphatic heterocycles. The van der Waals surface area contributed by atoms with Crippen LogP contribution >= 0.6 is 24.8 Å². The van der Waals surface area contributed by atoms with Gasteiger partial charge in [-0.15, -0.1) is 24.8 Å². The Hall–Kier alpha value is -0.430. The Kier molecular flexibility index (Phi) is 5.55. The van der Waals surface area contributed by atoms with Crippen molar-refractivity contribution < 1.29 is 13.2 Å². The number of nitrogens with zero attached hydrogens (tertiary/aromatic N) is 1. The Labute approximate surface area is 140 Å². The van der Waals surface area contributed by atoms with E-state index in [1.165, 1.54) is 10.6 Å². The third kappa shape index (κ3) is 2.98. The molecule has 1 aromatic heterocycles. The van der Waals surface area contributed by atoms with E-state index in [0.29, 0.717) is 6.54 Å². The van der Waals surface area contributed by atoms with Crippen molar-refractivity contribution in [2.75, 3.05) is 19.6 Å². The Balaban J connectivity index is 0.00000121. The zero-order chi connectivity index (χ0) is 14.6. The summed E-state index contributed by atoms with van der Waals surface area (Å²) in [6.07, 6.45) is -2.66. The smallest absolute Gasteiger partial charge is 0.332 e. The Morgan fingerprint density at radius 2 is 1.68 bits per heavy atom. The summed E-state index contributed by atoms with van der Waals surface area (Å²) in [4.78, 5) is 0. The molecule has 0 aromatic carbocycles. The maximum Gasteiger partial charge on any atom is 0.431 e. The molecular weight excluding hydrogens is 338 g/mol. The SMILES string of the molecule is CC1(C)CNC2(CCNCC2)c2ccc(C(F)(F)F)n21.Cl.Cl. The van der Waals surface area contributed by atoms with E-state index in [1.807, 2.05) is 13.8 Å². The van der Waals surface area contributed by atoms with Gasteiger partial charge in [-0.2, -0.15) is 13.2 Å². The highest BCUT2D eigenvalue weighted by molar-refractivity contribution is 5.85. The van der Waals surface area contributed by atoms with Crippen molar-refractivity contribution in [2.45, 2.75) is 43.9 Å². The number of rotatable bonds is 0. The lowest BCUT2D eigenvalue weighted by Gasteiger charge is -2.49. The molecule has 0 amide bonds. The van der Waals surface area contributed by atoms with Gasteiger partial charge < -0.3 is 15.2 Å². The summed E-state index contributed by atoms with van der Waals surface area (Å²) >= 11 is 0. The largest absolute Gasteiger partial charge is 0.431 e. The minimum atomic E-state index is -4.30. The van der Waals surface area contributed by atoms with E-state index in [2.05, 4.69) is 10.6 Å². The van der Waals surface area contributed by atoms with E-state index in [0.717, 1.165) is 31.6 Å². The standard InChI is InChI=1S/C14H20F3N3.2ClH/c1-12(2)9-19-13(5-7-18-8-6-13)10-3-4-11(20(10)12)14(15,16)17;;/h3-4,18-19H,5-9H2,1-2H3;2*1H. The molecule has 0 radical (unpaired) electrons. The van der Waals surface area contributed by atoms with Crippen molar-refractivity contribution in [2.24, 2.45) is 0 Å². The molecule has 3 nitrogen and oxygen atoms in total. The summed E-state index contributed by atoms with van der Waals surface area (Å²) < 4.78 is 41.3. The third-order valence-electron chi connectivity index (χ3n) is 4.58. The number of alkyl halides is 3. The molecule has 3 heterocycles. The van der Waals surface area contributed by atoms with E-state index in [-0.39, 0.29) is 30.4 Å². The molecule has 0 aliphatic carbocycles. The van der Waals surface area contributed by atoms with E-state index in [9.17, 15) is 13.2 Å². The van der Waals surface area contributed by atoms with Crippen molar-refractivity contribution in [1.82, 2.24) is 15.2 Å². The van der Waals surface area contributed by atoms with Gasteiger partial charge in [0.05, 0.1) is 11.1 Å². The number of piperidine rings is 1. The zero-order valence-corrected chi connectivity index (χ0v) is 14.2. The molecule has 3 rings (SSSR count). The Bertz CT molecular complexity index is 520. The van der Waals surface area contributed by atoms with Crippen LogP contribution in [0.3, 0.4) is 0 Å². The summed E-state index contributed by atoms with van der Waals surface area (Å²) in [6, 6.07) is 2.88. The van der Waals surface area contributed by atoms with Crippen molar-refractivity contribution in [3.8, 4) is 0 Å². The van der Waals surface area contributed by atoms with Crippen molar-refractivity contribution >= 4 is 24.8 Å². The van der Waals surface area contributed by atoms with Crippen LogP contribution in [0, 0.1) is 0 Å². The number of fused-ring (bicyclic) bond motifs is 2. The van der Waals surface area contributed by atoms with E-state index in [1.54, 1.807) is 6.07 Å². The van der Waals surface area contributed by atoms with Crippen LogP contribution in [0.25, 0.3) is 0 Å². The van der Waals surface area contributed by atoms with Crippen LogP contribution in [0.15, 0.2) is 12.1 Å². The molecule has 8 heteroatoms. The van der Waals surface area contributed by atoms with Crippen LogP contribution in [0.5, 0.6) is 0 Å². The van der Waals surface area contributed by atoms with Crippen LogP contribution in [-0.4, -0.2) is 24.2 Å². The third-order valence-corrected chi connectivity index (χ3v) is 4.58. The van der Waals surface area contributed by atoms with E-state index in [4.69, 9.17) is 0 Å². The predicted molar refractivity (Wildman–Crippen MR) is 85.0 cm³/mol. The average Bonchev–Trinajstić information content (AvgIpc) is 2.83. The molecule has 0 saturated carbocycles. The van der Waals surface area contributed by atoms with Crippen LogP contribution in [0.1, 0.15) is 38.1 Å². The summed E-state index contributed by atoms with van der Waals surface area (Å²) in [7, 11) is 0. The predicted octanol–water partition coefficient (Wildman–Crippen LogP) is 3.27. The molecule has 1 fully saturated rings. The topological polar surface area (TPSA) is 29.0 Å². The fourth-order valence-electron chi connectivity index (χ4n) is 3.53. The van der Waals surface area contributed by atoms with Crippen molar-refractivity contribution in [3.05, 3.63) is 23.5 Å². The van der Waals surface area contributed by atoms with Crippen LogP contribution in [0.2, 0.25) is 0 Å². The van der Waals surface area contributed by atoms with Crippen LogP contribution in [-0.2, 0) is 17.3 Å². The van der Waals surface area contributed by atoms with Crippen LogP contribution in [0.4, 0.5) is 13.2 Å². The van der Waals surface area contributed by atoms with Crippen LogP contribution < -0.4 is 10.6 Å². The lowest BCUT2D eigenvalue weighted by Crippen LogP contribution is -2.60. The lowest BCUT2D eigenvalue weighted by atomic mass is 9.81. The van der Waals surface area contributed by atoms with E-state index < -0.39 is 17.4 Å². The van der Waals surface area contributed by atoms with Gasteiger partial charge in [-0.05, 0) is 51.9 Å². The fraction of sp³-hybridized carbons (Fsp3) is 0.714. The molecule has 2 N–H and O–H groups in total. The second kappa shape index (κ2) is 6.23. The number of hydrogen-bond donors (Lipinski definition) is 2. The highest BCUT2D eigenvalue weighted by atomic mass is 35.5. The van der Waals surface area contributed by atoms with Gasteiger partial charge in [0, 0.05) is 12.2 Å². The normalized spacial score (nSPS) is 22.4. The summed E-state index contributed by atoms with van der Waals surface area (Å²) in [5.74, 6) is 0. The molecule has 1 saturated heterocycles. The maximum atomic E-state index is 13.3. The van der Waals surface area contributed by atoms with Gasteiger partial charge in [0.25, 0.3) is 0 Å². The van der Waals surface area contributed by atoms with Gasteiger partial charge in [-0.25, -0.2) is 0 Å². The number of halogens is 5. The maximum absolute atomic E-state index is 13.3. The minimum absolute atomic E-state index is 0. The minimum Gasteiger partial charge on any atom is -0.332 e. The number of aromatic nitrogens is 1. The molecule has 22 heavy (non-hydrogen) atoms. The van der Waals surface area contributed by atoms with Gasteiger partial charge in [-0.1, -0.05) is 0 Å². The molecular formula is C14H22Cl2F3N3. The average molecular weight is 360 g/mol. The molecule has 1 aromatic rings. The first-order valence-electron chi connectivity index (χ1n) is 7.02. The molecule has 128 valence electrons. The second-order valence-electron chi connectivity index (χ2n) is 6.44. The quantitative estimate of drug-likeness (QED) is 0.744. The van der Waals surface area contributed by atoms with Crippen molar-refractivity contribution in [1.29, 1.82) is 0 Å². The zero-order valence-electron chi connectivity index (χ0n) is 12.6. The first kappa shape index (κ1) is 19.6. The molecule has 0 bridgehead atoms. The van der Waals surface area contributed by atoms with Gasteiger partial charge in [-0.3, -0.25) is 0 Å². The van der Waals surface area contributed by atoms with Crippen molar-refractivity contribution in [3.63, 3.8) is 0 Å². The van der Waals surface area contributed by atoms with Gasteiger partial charge in [0.15, 0.2) is 0 Å². The summed E-state index contributed by atoms with van der Waals surface area (Å²) in [6.45, 7) is 5.93. The molecule has 1 spiro atoms. The highest BCUT2D eigenvalue weighted by Crippen LogP contribution is 2.43. The lowest BCUT2D eigenvalue weighted by molar-refractivity contribution is -0.146. The highest BCUT2D eigenvalue weighted by Gasteiger charge is 2.48. The van der Waals surface area contributed by atoms with Gasteiger partial charge >= 0.3 is 6.18 Å². The number of nitrogens with one attached hydrogen (secondary N) is 2. The molecule has 2 aliphatic rings. The number of hydrogen-bond acceptors (Lipinski definition) is 2. The Morgan fingerprint density at radius 3 is 2.23 bits per heavy atom. The Morgan fingerprint density at radius 1 is 1.09 bits per heavy atom. The molecule has 0 atom stereocenters. The van der Waals surface area contributed by atoms with Gasteiger partial charge in [0.2, 0.25) is 0 Å². The van der Waals surface area contributed by atoms with E-state index >= 15 is 0 Å².